The van der Waals surface area contributed by atoms with E-state index in [2.05, 4.69) is 37.2 Å². The van der Waals surface area contributed by atoms with Crippen molar-refractivity contribution >= 4 is 35.4 Å². The zero-order valence-electron chi connectivity index (χ0n) is 2.38. The van der Waals surface area contributed by atoms with Crippen molar-refractivity contribution in [2.24, 2.45) is 0 Å². The molecule has 4 heavy (non-hydrogen) atoms. The Balaban J connectivity index is 2.80. The molecule has 3 heteroatoms. The van der Waals surface area contributed by atoms with Gasteiger partial charge >= 0.3 is 0 Å². The zero-order valence-corrected chi connectivity index (χ0v) is 6.54. The lowest BCUT2D eigenvalue weighted by atomic mass is 12.0. The molecule has 0 saturated heterocycles. The molecule has 0 aliphatic heterocycles. The van der Waals surface area contributed by atoms with Crippen LogP contribution in [0.5, 0.6) is 0 Å². The van der Waals surface area contributed by atoms with E-state index in [4.69, 9.17) is 0 Å². The molecule has 0 bridgehead atoms. The molecule has 0 amide bonds. The molecule has 1 unspecified atom stereocenters. The Kier molecular flexibility index (Phi) is 3.66. The first-order valence-corrected chi connectivity index (χ1v) is 7.55. The van der Waals surface area contributed by atoms with Crippen LogP contribution in [0.1, 0.15) is 0 Å². The molecule has 0 aromatic carbocycles. The van der Waals surface area contributed by atoms with Crippen LogP contribution >= 0.6 is 35.4 Å². The first kappa shape index (κ1) is 5.46. The summed E-state index contributed by atoms with van der Waals surface area (Å²) in [4.78, 5) is -0.104. The fourth-order valence-electron chi connectivity index (χ4n) is 0. The maximum absolute atomic E-state index is 3.40. The molecule has 0 nitrogen and oxygen atoms in total. The molecule has 0 aromatic rings. The van der Waals surface area contributed by atoms with Gasteiger partial charge in [0.05, 0.1) is 0 Å². The lowest BCUT2D eigenvalue weighted by Crippen LogP contribution is -1.07. The van der Waals surface area contributed by atoms with Crippen molar-refractivity contribution in [1.29, 1.82) is 0 Å². The normalized spacial score (nSPS) is 15.5. The van der Waals surface area contributed by atoms with Crippen molar-refractivity contribution in [3.05, 3.63) is 0 Å². The lowest BCUT2D eigenvalue weighted by Gasteiger charge is -1.63. The Hall–Kier alpha value is 1.46. The summed E-state index contributed by atoms with van der Waals surface area (Å²) in [6, 6.07) is 0. The number of hydrogen-bond acceptors (Lipinski definition) is 0. The van der Waals surface area contributed by atoms with Gasteiger partial charge in [-0.3, -0.25) is 0 Å². The molecule has 0 radical (unpaired) electrons. The monoisotopic (exact) mass is 206 g/mol. The number of halogens is 1. The van der Waals surface area contributed by atoms with Crippen molar-refractivity contribution < 1.29 is 0 Å². The van der Waals surface area contributed by atoms with Gasteiger partial charge in [0.2, 0.25) is 0 Å². The molecular formula is CH5IP2. The van der Waals surface area contributed by atoms with Crippen LogP contribution in [0.2, 0.25) is 0 Å². The second-order valence-corrected chi connectivity index (χ2v) is 11.8. The smallest absolute Gasteiger partial charge is 0.0352 e. The molecule has 0 spiro atoms. The van der Waals surface area contributed by atoms with Crippen LogP contribution in [0.4, 0.5) is 0 Å². The summed E-state index contributed by atoms with van der Waals surface area (Å²) in [7, 11) is 3.40. The minimum atomic E-state index is -0.104. The zero-order chi connectivity index (χ0) is 3.58. The molecule has 0 fully saturated rings. The molecule has 0 heterocycles. The molecule has 0 rings (SSSR count). The molecule has 26 valence electrons. The molecule has 0 aliphatic carbocycles. The van der Waals surface area contributed by atoms with Gasteiger partial charge in [-0.25, -0.2) is 0 Å². The van der Waals surface area contributed by atoms with Crippen LogP contribution in [0.25, 0.3) is 0 Å². The minimum absolute atomic E-state index is 0.104. The Morgan fingerprint density at radius 1 is 2.00 bits per heavy atom. The van der Waals surface area contributed by atoms with Crippen LogP contribution in [0.15, 0.2) is 0 Å². The summed E-state index contributed by atoms with van der Waals surface area (Å²) in [5.74, 6) is 0. The van der Waals surface area contributed by atoms with Crippen molar-refractivity contribution in [3.63, 3.8) is 0 Å². The summed E-state index contributed by atoms with van der Waals surface area (Å²) in [5, 5.41) is 0. The van der Waals surface area contributed by atoms with Gasteiger partial charge in [0, 0.05) is 0 Å². The maximum Gasteiger partial charge on any atom is -0.0352 e. The third-order valence-corrected chi connectivity index (χ3v) is 0. The lowest BCUT2D eigenvalue weighted by molar-refractivity contribution is 2.52. The highest BCUT2D eigenvalue weighted by Crippen LogP contribution is 2.31. The SMILES string of the molecule is C[PH](=P)I. The van der Waals surface area contributed by atoms with E-state index in [-0.39, 0.29) is 4.85 Å². The van der Waals surface area contributed by atoms with Gasteiger partial charge in [-0.2, -0.15) is 0 Å². The predicted molar refractivity (Wildman–Crippen MR) is 36.6 cm³/mol. The highest BCUT2D eigenvalue weighted by Gasteiger charge is 1.53. The minimum Gasteiger partial charge on any atom is -0.119 e. The third kappa shape index (κ3) is 9.82. The average molecular weight is 206 g/mol. The van der Waals surface area contributed by atoms with E-state index in [1.54, 1.807) is 0 Å². The summed E-state index contributed by atoms with van der Waals surface area (Å²) < 4.78 is 0. The van der Waals surface area contributed by atoms with E-state index < -0.39 is 0 Å². The van der Waals surface area contributed by atoms with Gasteiger partial charge in [0.15, 0.2) is 0 Å². The fraction of sp³-hybridized carbons (Fsp3) is 1.00. The Bertz CT molecular complexity index is 29.0. The molecule has 0 N–H and O–H groups in total. The van der Waals surface area contributed by atoms with Crippen LogP contribution < -0.4 is 0 Å². The average Bonchev–Trinajstić information content (AvgIpc) is 0.811. The van der Waals surface area contributed by atoms with E-state index in [1.807, 2.05) is 0 Å². The largest absolute Gasteiger partial charge is 0.119 e. The highest BCUT2D eigenvalue weighted by atomic mass is 127. The summed E-state index contributed by atoms with van der Waals surface area (Å²) in [5.41, 5.74) is 0. The van der Waals surface area contributed by atoms with Crippen molar-refractivity contribution in [1.82, 2.24) is 0 Å². The second-order valence-electron chi connectivity index (χ2n) is 0.533. The quantitative estimate of drug-likeness (QED) is 0.421. The molecule has 0 aliphatic rings. The number of rotatable bonds is 0. The molecule has 1 atom stereocenters. The van der Waals surface area contributed by atoms with Gasteiger partial charge in [-0.1, -0.05) is 22.0 Å². The van der Waals surface area contributed by atoms with Crippen LogP contribution in [-0.4, -0.2) is 6.66 Å². The highest BCUT2D eigenvalue weighted by molar-refractivity contribution is 14.2. The summed E-state index contributed by atoms with van der Waals surface area (Å²) in [6.45, 7) is 2.17. The van der Waals surface area contributed by atoms with Gasteiger partial charge in [-0.15, -0.1) is 8.53 Å². The van der Waals surface area contributed by atoms with Gasteiger partial charge in [-0.05, 0) is 11.5 Å². The van der Waals surface area contributed by atoms with E-state index in [1.165, 1.54) is 0 Å². The van der Waals surface area contributed by atoms with Gasteiger partial charge < -0.3 is 0 Å². The predicted octanol–water partition coefficient (Wildman–Crippen LogP) is 2.24. The van der Waals surface area contributed by atoms with Crippen LogP contribution in [0, 0.1) is 0 Å². The Morgan fingerprint density at radius 3 is 2.00 bits per heavy atom. The second kappa shape index (κ2) is 2.68. The Labute approximate surface area is 42.3 Å². The first-order valence-electron chi connectivity index (χ1n) is 0.939. The van der Waals surface area contributed by atoms with Crippen molar-refractivity contribution in [3.8, 4) is 0 Å². The van der Waals surface area contributed by atoms with Crippen molar-refractivity contribution in [2.75, 3.05) is 6.66 Å². The summed E-state index contributed by atoms with van der Waals surface area (Å²) in [6.07, 6.45) is 0. The van der Waals surface area contributed by atoms with E-state index in [9.17, 15) is 0 Å². The van der Waals surface area contributed by atoms with Crippen molar-refractivity contribution in [2.45, 2.75) is 0 Å². The Morgan fingerprint density at radius 2 is 2.00 bits per heavy atom. The summed E-state index contributed by atoms with van der Waals surface area (Å²) >= 11 is 2.36. The molecular weight excluding hydrogens is 201 g/mol. The molecule has 0 saturated carbocycles. The third-order valence-electron chi connectivity index (χ3n) is 0. The number of hydrogen-bond donors (Lipinski definition) is 0. The fourth-order valence-corrected chi connectivity index (χ4v) is 0. The van der Waals surface area contributed by atoms with Crippen LogP contribution in [-0.2, 0) is 0 Å². The van der Waals surface area contributed by atoms with Gasteiger partial charge in [0.1, 0.15) is 0 Å². The first-order chi connectivity index (χ1) is 1.73. The van der Waals surface area contributed by atoms with E-state index in [0.29, 0.717) is 0 Å². The standard InChI is InChI=1S/CH5IP2/c1-4(2)3/h3-4H,1H3. The van der Waals surface area contributed by atoms with Gasteiger partial charge in [0.25, 0.3) is 0 Å². The molecule has 0 aromatic heterocycles. The van der Waals surface area contributed by atoms with Crippen LogP contribution in [0.3, 0.4) is 0 Å². The van der Waals surface area contributed by atoms with E-state index in [0.717, 1.165) is 0 Å². The maximum atomic E-state index is 3.40. The van der Waals surface area contributed by atoms with E-state index >= 15 is 0 Å². The topological polar surface area (TPSA) is 0 Å².